The summed E-state index contributed by atoms with van der Waals surface area (Å²) in [6.45, 7) is 7.15. The highest BCUT2D eigenvalue weighted by molar-refractivity contribution is 7.99. The molecule has 1 aliphatic rings. The molecule has 0 bridgehead atoms. The van der Waals surface area contributed by atoms with Crippen molar-refractivity contribution < 1.29 is 9.90 Å². The number of aliphatic hydroxyl groups is 1. The molecule has 0 aliphatic carbocycles. The van der Waals surface area contributed by atoms with E-state index in [2.05, 4.69) is 34.4 Å². The molecule has 1 aliphatic heterocycles. The van der Waals surface area contributed by atoms with Gasteiger partial charge in [0, 0.05) is 48.6 Å². The van der Waals surface area contributed by atoms with E-state index in [4.69, 9.17) is 0 Å². The lowest BCUT2D eigenvalue weighted by Crippen LogP contribution is -2.53. The standard InChI is InChI=1S/C21H30N4O2S/c1-3-9-25-16(2)20(13-22-25)21(27)23-17-12-18(26)15-24(14-17)10-11-28-19-7-5-4-6-8-19/h4-8,13,17-18,26H,3,9-12,14-15H2,1-2H3,(H,23,27)/t17-,18+/m0/s1. The minimum atomic E-state index is -0.412. The summed E-state index contributed by atoms with van der Waals surface area (Å²) in [6, 6.07) is 10.3. The maximum atomic E-state index is 12.7. The Kier molecular flexibility index (Phi) is 7.53. The van der Waals surface area contributed by atoms with Crippen LogP contribution in [0.15, 0.2) is 41.4 Å². The number of piperidine rings is 1. The summed E-state index contributed by atoms with van der Waals surface area (Å²) >= 11 is 1.81. The number of rotatable bonds is 8. The number of aromatic nitrogens is 2. The van der Waals surface area contributed by atoms with Crippen molar-refractivity contribution in [2.24, 2.45) is 0 Å². The monoisotopic (exact) mass is 402 g/mol. The quantitative estimate of drug-likeness (QED) is 0.664. The zero-order chi connectivity index (χ0) is 19.9. The molecular weight excluding hydrogens is 372 g/mol. The normalized spacial score (nSPS) is 20.2. The molecule has 2 aromatic rings. The maximum Gasteiger partial charge on any atom is 0.255 e. The Morgan fingerprint density at radius 3 is 2.82 bits per heavy atom. The topological polar surface area (TPSA) is 70.4 Å². The SMILES string of the molecule is CCCn1ncc(C(=O)N[C@H]2C[C@@H](O)CN(CCSc3ccccc3)C2)c1C. The second kappa shape index (κ2) is 10.1. The Morgan fingerprint density at radius 1 is 1.29 bits per heavy atom. The van der Waals surface area contributed by atoms with Gasteiger partial charge in [-0.25, -0.2) is 0 Å². The highest BCUT2D eigenvalue weighted by atomic mass is 32.2. The van der Waals surface area contributed by atoms with Gasteiger partial charge in [-0.2, -0.15) is 5.10 Å². The molecule has 3 rings (SSSR count). The molecule has 6 nitrogen and oxygen atoms in total. The zero-order valence-corrected chi connectivity index (χ0v) is 17.5. The molecule has 28 heavy (non-hydrogen) atoms. The summed E-state index contributed by atoms with van der Waals surface area (Å²) in [6.07, 6.45) is 2.81. The number of aryl methyl sites for hydroxylation is 1. The van der Waals surface area contributed by atoms with Crippen molar-refractivity contribution in [3.05, 3.63) is 47.8 Å². The van der Waals surface area contributed by atoms with Crippen LogP contribution in [0.3, 0.4) is 0 Å². The summed E-state index contributed by atoms with van der Waals surface area (Å²) in [5.41, 5.74) is 1.52. The highest BCUT2D eigenvalue weighted by Crippen LogP contribution is 2.19. The van der Waals surface area contributed by atoms with Crippen LogP contribution in [0.5, 0.6) is 0 Å². The van der Waals surface area contributed by atoms with E-state index in [-0.39, 0.29) is 11.9 Å². The average molecular weight is 403 g/mol. The van der Waals surface area contributed by atoms with E-state index in [1.165, 1.54) is 4.90 Å². The second-order valence-electron chi connectivity index (χ2n) is 7.35. The molecule has 2 heterocycles. The lowest BCUT2D eigenvalue weighted by Gasteiger charge is -2.36. The van der Waals surface area contributed by atoms with Gasteiger partial charge in [0.1, 0.15) is 0 Å². The van der Waals surface area contributed by atoms with E-state index >= 15 is 0 Å². The third-order valence-electron chi connectivity index (χ3n) is 5.04. The fourth-order valence-electron chi connectivity index (χ4n) is 3.63. The highest BCUT2D eigenvalue weighted by Gasteiger charge is 2.28. The van der Waals surface area contributed by atoms with Crippen LogP contribution in [0.2, 0.25) is 0 Å². The molecule has 1 aromatic heterocycles. The van der Waals surface area contributed by atoms with Gasteiger partial charge in [-0.15, -0.1) is 11.8 Å². The zero-order valence-electron chi connectivity index (χ0n) is 16.7. The van der Waals surface area contributed by atoms with E-state index in [0.29, 0.717) is 18.5 Å². The van der Waals surface area contributed by atoms with Crippen molar-refractivity contribution in [2.45, 2.75) is 50.3 Å². The molecule has 1 amide bonds. The smallest absolute Gasteiger partial charge is 0.255 e. The number of hydrogen-bond donors (Lipinski definition) is 2. The van der Waals surface area contributed by atoms with Crippen LogP contribution in [0.1, 0.15) is 35.8 Å². The van der Waals surface area contributed by atoms with Crippen molar-refractivity contribution in [1.82, 2.24) is 20.0 Å². The van der Waals surface area contributed by atoms with Crippen LogP contribution in [0.25, 0.3) is 0 Å². The number of benzene rings is 1. The van der Waals surface area contributed by atoms with Gasteiger partial charge in [-0.1, -0.05) is 25.1 Å². The van der Waals surface area contributed by atoms with Gasteiger partial charge >= 0.3 is 0 Å². The summed E-state index contributed by atoms with van der Waals surface area (Å²) in [4.78, 5) is 16.2. The molecular formula is C21H30N4O2S. The van der Waals surface area contributed by atoms with Crippen LogP contribution in [-0.4, -0.2) is 63.2 Å². The first-order chi connectivity index (χ1) is 13.6. The average Bonchev–Trinajstić information content (AvgIpc) is 3.03. The molecule has 0 saturated carbocycles. The van der Waals surface area contributed by atoms with Gasteiger partial charge in [0.05, 0.1) is 17.9 Å². The van der Waals surface area contributed by atoms with E-state index < -0.39 is 6.10 Å². The van der Waals surface area contributed by atoms with Crippen LogP contribution < -0.4 is 5.32 Å². The summed E-state index contributed by atoms with van der Waals surface area (Å²) < 4.78 is 1.87. The maximum absolute atomic E-state index is 12.7. The van der Waals surface area contributed by atoms with Crippen molar-refractivity contribution in [3.8, 4) is 0 Å². The predicted octanol–water partition coefficient (Wildman–Crippen LogP) is 2.56. The first kappa shape index (κ1) is 20.9. The van der Waals surface area contributed by atoms with Gasteiger partial charge in [-0.3, -0.25) is 14.4 Å². The van der Waals surface area contributed by atoms with Crippen molar-refractivity contribution in [3.63, 3.8) is 0 Å². The Bertz CT molecular complexity index is 765. The van der Waals surface area contributed by atoms with Crippen LogP contribution >= 0.6 is 11.8 Å². The minimum absolute atomic E-state index is 0.0492. The van der Waals surface area contributed by atoms with E-state index in [1.54, 1.807) is 6.20 Å². The molecule has 1 fully saturated rings. The van der Waals surface area contributed by atoms with Gasteiger partial charge in [0.2, 0.25) is 0 Å². The van der Waals surface area contributed by atoms with E-state index in [1.807, 2.05) is 41.6 Å². The lowest BCUT2D eigenvalue weighted by molar-refractivity contribution is 0.0521. The fourth-order valence-corrected chi connectivity index (χ4v) is 4.56. The van der Waals surface area contributed by atoms with Gasteiger partial charge < -0.3 is 10.4 Å². The second-order valence-corrected chi connectivity index (χ2v) is 8.52. The number of β-amino-alcohol motifs (C(OH)–C–C–N with tert-alkyl or cyclic N) is 1. The molecule has 152 valence electrons. The van der Waals surface area contributed by atoms with E-state index in [0.717, 1.165) is 37.5 Å². The number of hydrogen-bond acceptors (Lipinski definition) is 5. The molecule has 0 unspecified atom stereocenters. The third-order valence-corrected chi connectivity index (χ3v) is 6.03. The number of nitrogens with one attached hydrogen (secondary N) is 1. The molecule has 0 radical (unpaired) electrons. The Balaban J connectivity index is 1.51. The minimum Gasteiger partial charge on any atom is -0.392 e. The largest absolute Gasteiger partial charge is 0.392 e. The number of aliphatic hydroxyl groups excluding tert-OH is 1. The summed E-state index contributed by atoms with van der Waals surface area (Å²) in [5, 5.41) is 17.7. The first-order valence-corrected chi connectivity index (χ1v) is 11.0. The summed E-state index contributed by atoms with van der Waals surface area (Å²) in [7, 11) is 0. The molecule has 2 N–H and O–H groups in total. The fraction of sp³-hybridized carbons (Fsp3) is 0.524. The third kappa shape index (κ3) is 5.59. The molecule has 2 atom stereocenters. The van der Waals surface area contributed by atoms with Crippen molar-refractivity contribution in [1.29, 1.82) is 0 Å². The van der Waals surface area contributed by atoms with Gasteiger partial charge in [0.15, 0.2) is 0 Å². The number of carbonyl (C=O) groups excluding carboxylic acids is 1. The predicted molar refractivity (Wildman–Crippen MR) is 113 cm³/mol. The van der Waals surface area contributed by atoms with Crippen molar-refractivity contribution >= 4 is 17.7 Å². The molecule has 1 saturated heterocycles. The summed E-state index contributed by atoms with van der Waals surface area (Å²) in [5.74, 6) is 0.859. The number of thioether (sulfide) groups is 1. The number of likely N-dealkylation sites (tertiary alicyclic amines) is 1. The lowest BCUT2D eigenvalue weighted by atomic mass is 10.0. The van der Waals surface area contributed by atoms with Crippen LogP contribution in [0.4, 0.5) is 0 Å². The molecule has 7 heteroatoms. The number of nitrogens with zero attached hydrogens (tertiary/aromatic N) is 3. The Labute approximate surface area is 171 Å². The first-order valence-electron chi connectivity index (χ1n) is 9.98. The Hall–Kier alpha value is -1.83. The number of carbonyl (C=O) groups is 1. The number of amides is 1. The van der Waals surface area contributed by atoms with Crippen molar-refractivity contribution in [2.75, 3.05) is 25.4 Å². The van der Waals surface area contributed by atoms with Gasteiger partial charge in [-0.05, 0) is 31.9 Å². The van der Waals surface area contributed by atoms with Gasteiger partial charge in [0.25, 0.3) is 5.91 Å². The molecule has 1 aromatic carbocycles. The van der Waals surface area contributed by atoms with E-state index in [9.17, 15) is 9.90 Å². The van der Waals surface area contributed by atoms with Crippen LogP contribution in [-0.2, 0) is 6.54 Å². The molecule has 0 spiro atoms. The van der Waals surface area contributed by atoms with Crippen LogP contribution in [0, 0.1) is 6.92 Å². The Morgan fingerprint density at radius 2 is 2.07 bits per heavy atom.